The number of nitrogens with one attached hydrogen (secondary N) is 2. The summed E-state index contributed by atoms with van der Waals surface area (Å²) in [6.45, 7) is 3.01. The summed E-state index contributed by atoms with van der Waals surface area (Å²) in [5, 5.41) is 5.56. The molecule has 0 aliphatic heterocycles. The fourth-order valence-corrected chi connectivity index (χ4v) is 1.34. The van der Waals surface area contributed by atoms with Crippen LogP contribution in [-0.2, 0) is 4.79 Å². The molecule has 0 fully saturated rings. The van der Waals surface area contributed by atoms with Crippen LogP contribution in [0.5, 0.6) is 5.75 Å². The van der Waals surface area contributed by atoms with Crippen LogP contribution in [0, 0.1) is 5.82 Å². The quantitative estimate of drug-likeness (QED) is 0.745. The van der Waals surface area contributed by atoms with Gasteiger partial charge < -0.3 is 15.4 Å². The normalized spacial score (nSPS) is 10.1. The van der Waals surface area contributed by atoms with Crippen molar-refractivity contribution in [2.45, 2.75) is 13.3 Å². The molecule has 0 spiro atoms. The van der Waals surface area contributed by atoms with Crippen LogP contribution < -0.4 is 15.4 Å². The minimum Gasteiger partial charge on any atom is -0.497 e. The molecule has 0 bridgehead atoms. The van der Waals surface area contributed by atoms with Crippen LogP contribution in [0.1, 0.15) is 13.3 Å². The molecule has 0 aliphatic carbocycles. The lowest BCUT2D eigenvalue weighted by molar-refractivity contribution is -0.115. The van der Waals surface area contributed by atoms with E-state index in [2.05, 4.69) is 10.6 Å². The molecule has 1 aromatic rings. The van der Waals surface area contributed by atoms with Crippen LogP contribution in [0.2, 0.25) is 0 Å². The Hall–Kier alpha value is -1.62. The fraction of sp³-hybridized carbons (Fsp3) is 0.417. The van der Waals surface area contributed by atoms with E-state index in [-0.39, 0.29) is 12.5 Å². The second-order valence-corrected chi connectivity index (χ2v) is 3.60. The molecule has 1 rings (SSSR count). The molecule has 0 aliphatic rings. The van der Waals surface area contributed by atoms with Gasteiger partial charge in [0.05, 0.1) is 13.7 Å². The van der Waals surface area contributed by atoms with E-state index in [1.807, 2.05) is 6.92 Å². The van der Waals surface area contributed by atoms with E-state index < -0.39 is 5.82 Å². The maximum absolute atomic E-state index is 13.1. The Kier molecular flexibility index (Phi) is 5.42. The van der Waals surface area contributed by atoms with Crippen LogP contribution in [0.3, 0.4) is 0 Å². The van der Waals surface area contributed by atoms with E-state index in [1.54, 1.807) is 6.07 Å². The van der Waals surface area contributed by atoms with Crippen molar-refractivity contribution in [3.8, 4) is 5.75 Å². The van der Waals surface area contributed by atoms with E-state index in [1.165, 1.54) is 19.2 Å². The highest BCUT2D eigenvalue weighted by atomic mass is 19.1. The van der Waals surface area contributed by atoms with Crippen LogP contribution in [0.4, 0.5) is 10.1 Å². The number of rotatable bonds is 6. The van der Waals surface area contributed by atoms with Crippen molar-refractivity contribution < 1.29 is 13.9 Å². The number of methoxy groups -OCH3 is 1. The minimum atomic E-state index is -0.443. The van der Waals surface area contributed by atoms with Crippen molar-refractivity contribution in [2.24, 2.45) is 0 Å². The van der Waals surface area contributed by atoms with Crippen LogP contribution in [0.25, 0.3) is 0 Å². The van der Waals surface area contributed by atoms with Crippen molar-refractivity contribution >= 4 is 11.6 Å². The van der Waals surface area contributed by atoms with Crippen molar-refractivity contribution in [3.63, 3.8) is 0 Å². The van der Waals surface area contributed by atoms with Gasteiger partial charge in [0.2, 0.25) is 5.91 Å². The SMILES string of the molecule is CCCNCC(=O)Nc1cc(F)cc(OC)c1. The number of hydrogen-bond acceptors (Lipinski definition) is 3. The third-order valence-electron chi connectivity index (χ3n) is 2.10. The van der Waals surface area contributed by atoms with E-state index in [0.717, 1.165) is 13.0 Å². The molecule has 2 N–H and O–H groups in total. The van der Waals surface area contributed by atoms with Gasteiger partial charge in [-0.3, -0.25) is 4.79 Å². The maximum atomic E-state index is 13.1. The Morgan fingerprint density at radius 2 is 2.18 bits per heavy atom. The molecule has 17 heavy (non-hydrogen) atoms. The molecule has 1 amide bonds. The Morgan fingerprint density at radius 3 is 2.82 bits per heavy atom. The van der Waals surface area contributed by atoms with Crippen molar-refractivity contribution in [1.29, 1.82) is 0 Å². The highest BCUT2D eigenvalue weighted by Gasteiger charge is 2.05. The molecule has 5 heteroatoms. The minimum absolute atomic E-state index is 0.203. The lowest BCUT2D eigenvalue weighted by Crippen LogP contribution is -2.28. The molecule has 94 valence electrons. The average Bonchev–Trinajstić information content (AvgIpc) is 2.28. The molecule has 0 saturated heterocycles. The first-order valence-electron chi connectivity index (χ1n) is 5.51. The number of ether oxygens (including phenoxy) is 1. The van der Waals surface area contributed by atoms with Gasteiger partial charge >= 0.3 is 0 Å². The third kappa shape index (κ3) is 4.82. The summed E-state index contributed by atoms with van der Waals surface area (Å²) >= 11 is 0. The van der Waals surface area contributed by atoms with Crippen molar-refractivity contribution in [3.05, 3.63) is 24.0 Å². The predicted octanol–water partition coefficient (Wildman–Crippen LogP) is 1.77. The molecule has 4 nitrogen and oxygen atoms in total. The summed E-state index contributed by atoms with van der Waals surface area (Å²) in [5.74, 6) is -0.269. The number of halogens is 1. The molecule has 0 radical (unpaired) electrons. The average molecular weight is 240 g/mol. The predicted molar refractivity (Wildman–Crippen MR) is 64.7 cm³/mol. The highest BCUT2D eigenvalue weighted by Crippen LogP contribution is 2.19. The summed E-state index contributed by atoms with van der Waals surface area (Å²) < 4.78 is 18.0. The number of carbonyl (C=O) groups is 1. The van der Waals surface area contributed by atoms with Gasteiger partial charge in [0, 0.05) is 17.8 Å². The number of hydrogen-bond donors (Lipinski definition) is 2. The van der Waals surface area contributed by atoms with Gasteiger partial charge in [-0.1, -0.05) is 6.92 Å². The molecule has 0 aromatic heterocycles. The van der Waals surface area contributed by atoms with E-state index in [4.69, 9.17) is 4.74 Å². The molecule has 0 heterocycles. The number of amides is 1. The Balaban J connectivity index is 2.55. The zero-order valence-electron chi connectivity index (χ0n) is 10.0. The fourth-order valence-electron chi connectivity index (χ4n) is 1.34. The number of benzene rings is 1. The molecular formula is C12H17FN2O2. The molecule has 0 unspecified atom stereocenters. The summed E-state index contributed by atoms with van der Waals surface area (Å²) in [6.07, 6.45) is 0.959. The van der Waals surface area contributed by atoms with Crippen LogP contribution in [0.15, 0.2) is 18.2 Å². The second kappa shape index (κ2) is 6.85. The molecule has 0 saturated carbocycles. The number of carbonyl (C=O) groups excluding carboxylic acids is 1. The zero-order chi connectivity index (χ0) is 12.7. The third-order valence-corrected chi connectivity index (χ3v) is 2.10. The first-order valence-corrected chi connectivity index (χ1v) is 5.51. The van der Waals surface area contributed by atoms with Gasteiger partial charge in [0.1, 0.15) is 11.6 Å². The summed E-state index contributed by atoms with van der Waals surface area (Å²) in [6, 6.07) is 4.08. The molecule has 0 atom stereocenters. The van der Waals surface area contributed by atoms with Crippen molar-refractivity contribution in [2.75, 3.05) is 25.5 Å². The molecule has 1 aromatic carbocycles. The first-order chi connectivity index (χ1) is 8.15. The van der Waals surface area contributed by atoms with Gasteiger partial charge in [-0.05, 0) is 19.0 Å². The number of anilines is 1. The van der Waals surface area contributed by atoms with E-state index in [9.17, 15) is 9.18 Å². The van der Waals surface area contributed by atoms with Gasteiger partial charge in [-0.25, -0.2) is 4.39 Å². The summed E-state index contributed by atoms with van der Waals surface area (Å²) in [5.41, 5.74) is 0.394. The second-order valence-electron chi connectivity index (χ2n) is 3.60. The smallest absolute Gasteiger partial charge is 0.238 e. The van der Waals surface area contributed by atoms with Crippen molar-refractivity contribution in [1.82, 2.24) is 5.32 Å². The Bertz CT molecular complexity index is 383. The molecular weight excluding hydrogens is 223 g/mol. The van der Waals surface area contributed by atoms with Gasteiger partial charge in [-0.15, -0.1) is 0 Å². The van der Waals surface area contributed by atoms with E-state index >= 15 is 0 Å². The van der Waals surface area contributed by atoms with E-state index in [0.29, 0.717) is 11.4 Å². The van der Waals surface area contributed by atoms with Gasteiger partial charge in [-0.2, -0.15) is 0 Å². The lowest BCUT2D eigenvalue weighted by Gasteiger charge is -2.08. The monoisotopic (exact) mass is 240 g/mol. The standard InChI is InChI=1S/C12H17FN2O2/c1-3-4-14-8-12(16)15-10-5-9(13)6-11(7-10)17-2/h5-7,14H,3-4,8H2,1-2H3,(H,15,16). The van der Waals surface area contributed by atoms with Crippen LogP contribution >= 0.6 is 0 Å². The largest absolute Gasteiger partial charge is 0.497 e. The van der Waals surface area contributed by atoms with Gasteiger partial charge in [0.15, 0.2) is 0 Å². The summed E-state index contributed by atoms with van der Waals surface area (Å²) in [7, 11) is 1.45. The maximum Gasteiger partial charge on any atom is 0.238 e. The Labute approximate surface area is 100 Å². The Morgan fingerprint density at radius 1 is 1.41 bits per heavy atom. The zero-order valence-corrected chi connectivity index (χ0v) is 10.0. The topological polar surface area (TPSA) is 50.4 Å². The van der Waals surface area contributed by atoms with Gasteiger partial charge in [0.25, 0.3) is 0 Å². The highest BCUT2D eigenvalue weighted by molar-refractivity contribution is 5.92. The van der Waals surface area contributed by atoms with Crippen LogP contribution in [-0.4, -0.2) is 26.1 Å². The first kappa shape index (κ1) is 13.4. The summed E-state index contributed by atoms with van der Waals surface area (Å²) in [4.78, 5) is 11.5. The lowest BCUT2D eigenvalue weighted by atomic mass is 10.3.